The van der Waals surface area contributed by atoms with Crippen molar-refractivity contribution in [2.45, 2.75) is 84.1 Å². The van der Waals surface area contributed by atoms with E-state index in [4.69, 9.17) is 0 Å². The molecular formula is C22H35NO2. The summed E-state index contributed by atoms with van der Waals surface area (Å²) in [6.07, 6.45) is 12.3. The molecule has 0 heterocycles. The largest absolute Gasteiger partial charge is 0.394 e. The maximum atomic E-state index is 11.3. The smallest absolute Gasteiger partial charge is 0.217 e. The fourth-order valence-corrected chi connectivity index (χ4v) is 4.02. The van der Waals surface area contributed by atoms with E-state index < -0.39 is 0 Å². The molecule has 2 N–H and O–H groups in total. The molecule has 0 saturated carbocycles. The minimum atomic E-state index is -0.117. The summed E-state index contributed by atoms with van der Waals surface area (Å²) in [7, 11) is 0. The molecule has 0 aliphatic heterocycles. The van der Waals surface area contributed by atoms with E-state index in [2.05, 4.69) is 30.4 Å². The van der Waals surface area contributed by atoms with Gasteiger partial charge in [0.15, 0.2) is 0 Å². The van der Waals surface area contributed by atoms with Gasteiger partial charge in [-0.15, -0.1) is 0 Å². The first-order valence-electron chi connectivity index (χ1n) is 10.1. The SMILES string of the molecule is CCCCCCCCc1ccc2c(c1)CCC(C(CO)NC(C)=O)C2. The van der Waals surface area contributed by atoms with Crippen LogP contribution in [0, 0.1) is 5.92 Å². The quantitative estimate of drug-likeness (QED) is 0.625. The first-order chi connectivity index (χ1) is 12.1. The summed E-state index contributed by atoms with van der Waals surface area (Å²) in [6.45, 7) is 3.81. The van der Waals surface area contributed by atoms with Gasteiger partial charge in [0, 0.05) is 6.92 Å². The first kappa shape index (κ1) is 20.0. The molecule has 0 spiro atoms. The maximum Gasteiger partial charge on any atom is 0.217 e. The van der Waals surface area contributed by atoms with Gasteiger partial charge in [-0.3, -0.25) is 4.79 Å². The Morgan fingerprint density at radius 1 is 1.20 bits per heavy atom. The molecule has 140 valence electrons. The van der Waals surface area contributed by atoms with Crippen LogP contribution in [0.1, 0.15) is 75.5 Å². The minimum Gasteiger partial charge on any atom is -0.394 e. The second-order valence-corrected chi connectivity index (χ2v) is 7.61. The molecule has 0 radical (unpaired) electrons. The predicted octanol–water partition coefficient (Wildman–Crippen LogP) is 4.19. The van der Waals surface area contributed by atoms with Crippen molar-refractivity contribution in [3.05, 3.63) is 34.9 Å². The average molecular weight is 346 g/mol. The summed E-state index contributed by atoms with van der Waals surface area (Å²) in [5, 5.41) is 12.5. The number of aliphatic hydroxyl groups excluding tert-OH is 1. The summed E-state index contributed by atoms with van der Waals surface area (Å²) < 4.78 is 0. The number of hydrogen-bond donors (Lipinski definition) is 2. The number of carbonyl (C=O) groups excluding carboxylic acids is 1. The highest BCUT2D eigenvalue weighted by Gasteiger charge is 2.26. The number of aryl methyl sites for hydroxylation is 2. The van der Waals surface area contributed by atoms with E-state index in [1.165, 1.54) is 68.6 Å². The highest BCUT2D eigenvalue weighted by molar-refractivity contribution is 5.73. The zero-order valence-electron chi connectivity index (χ0n) is 16.0. The second kappa shape index (κ2) is 10.6. The highest BCUT2D eigenvalue weighted by atomic mass is 16.3. The Morgan fingerprint density at radius 2 is 1.96 bits per heavy atom. The number of unbranched alkanes of at least 4 members (excludes halogenated alkanes) is 5. The Balaban J connectivity index is 1.85. The second-order valence-electron chi connectivity index (χ2n) is 7.61. The molecular weight excluding hydrogens is 310 g/mol. The number of carbonyl (C=O) groups is 1. The molecule has 0 aromatic heterocycles. The third kappa shape index (κ3) is 6.47. The summed E-state index contributed by atoms with van der Waals surface area (Å²) in [6, 6.07) is 6.83. The van der Waals surface area contributed by atoms with Crippen molar-refractivity contribution in [1.82, 2.24) is 5.32 Å². The Kier molecular flexibility index (Phi) is 8.47. The molecule has 1 aliphatic carbocycles. The van der Waals surface area contributed by atoms with Crippen LogP contribution < -0.4 is 5.32 Å². The van der Waals surface area contributed by atoms with Gasteiger partial charge < -0.3 is 10.4 Å². The molecule has 2 unspecified atom stereocenters. The summed E-state index contributed by atoms with van der Waals surface area (Å²) in [5.74, 6) is 0.282. The summed E-state index contributed by atoms with van der Waals surface area (Å²) in [4.78, 5) is 11.3. The number of benzene rings is 1. The van der Waals surface area contributed by atoms with E-state index in [9.17, 15) is 9.90 Å². The highest BCUT2D eigenvalue weighted by Crippen LogP contribution is 2.29. The third-order valence-electron chi connectivity index (χ3n) is 5.51. The molecule has 2 atom stereocenters. The molecule has 1 aromatic rings. The van der Waals surface area contributed by atoms with E-state index in [1.807, 2.05) is 0 Å². The summed E-state index contributed by atoms with van der Waals surface area (Å²) >= 11 is 0. The van der Waals surface area contributed by atoms with Crippen molar-refractivity contribution < 1.29 is 9.90 Å². The van der Waals surface area contributed by atoms with Gasteiger partial charge in [0.2, 0.25) is 5.91 Å². The first-order valence-corrected chi connectivity index (χ1v) is 10.1. The van der Waals surface area contributed by atoms with Crippen LogP contribution in [0.2, 0.25) is 0 Å². The van der Waals surface area contributed by atoms with Crippen LogP contribution in [-0.4, -0.2) is 23.7 Å². The van der Waals surface area contributed by atoms with E-state index in [0.29, 0.717) is 5.92 Å². The summed E-state index contributed by atoms with van der Waals surface area (Å²) in [5.41, 5.74) is 4.33. The van der Waals surface area contributed by atoms with Crippen molar-refractivity contribution in [3.63, 3.8) is 0 Å². The van der Waals surface area contributed by atoms with Crippen LogP contribution in [0.4, 0.5) is 0 Å². The average Bonchev–Trinajstić information content (AvgIpc) is 2.62. The molecule has 0 bridgehead atoms. The van der Waals surface area contributed by atoms with Crippen LogP contribution in [0.3, 0.4) is 0 Å². The minimum absolute atomic E-state index is 0.0235. The molecule has 0 saturated heterocycles. The van der Waals surface area contributed by atoms with Crippen molar-refractivity contribution in [3.8, 4) is 0 Å². The topological polar surface area (TPSA) is 49.3 Å². The molecule has 25 heavy (non-hydrogen) atoms. The van der Waals surface area contributed by atoms with Crippen LogP contribution in [0.5, 0.6) is 0 Å². The van der Waals surface area contributed by atoms with E-state index in [0.717, 1.165) is 19.3 Å². The van der Waals surface area contributed by atoms with E-state index in [-0.39, 0.29) is 18.6 Å². The zero-order chi connectivity index (χ0) is 18.1. The third-order valence-corrected chi connectivity index (χ3v) is 5.51. The van der Waals surface area contributed by atoms with E-state index >= 15 is 0 Å². The van der Waals surface area contributed by atoms with Gasteiger partial charge in [0.25, 0.3) is 0 Å². The molecule has 3 nitrogen and oxygen atoms in total. The molecule has 1 amide bonds. The van der Waals surface area contributed by atoms with Gasteiger partial charge in [0.05, 0.1) is 12.6 Å². The lowest BCUT2D eigenvalue weighted by molar-refractivity contribution is -0.120. The van der Waals surface area contributed by atoms with Crippen molar-refractivity contribution >= 4 is 5.91 Å². The molecule has 3 heteroatoms. The Bertz CT molecular complexity index is 541. The van der Waals surface area contributed by atoms with Gasteiger partial charge in [-0.25, -0.2) is 0 Å². The lowest BCUT2D eigenvalue weighted by atomic mass is 9.79. The molecule has 2 rings (SSSR count). The maximum absolute atomic E-state index is 11.3. The number of fused-ring (bicyclic) bond motifs is 1. The zero-order valence-corrected chi connectivity index (χ0v) is 16.0. The van der Waals surface area contributed by atoms with Gasteiger partial charge in [-0.1, -0.05) is 57.2 Å². The molecule has 1 aliphatic rings. The molecule has 1 aromatic carbocycles. The van der Waals surface area contributed by atoms with E-state index in [1.54, 1.807) is 0 Å². The van der Waals surface area contributed by atoms with Crippen molar-refractivity contribution in [2.24, 2.45) is 5.92 Å². The Labute approximate surface area is 153 Å². The van der Waals surface area contributed by atoms with Crippen LogP contribution in [0.25, 0.3) is 0 Å². The Morgan fingerprint density at radius 3 is 2.68 bits per heavy atom. The monoisotopic (exact) mass is 345 g/mol. The van der Waals surface area contributed by atoms with Crippen molar-refractivity contribution in [1.29, 1.82) is 0 Å². The number of rotatable bonds is 10. The van der Waals surface area contributed by atoms with Gasteiger partial charge in [-0.05, 0) is 54.7 Å². The standard InChI is InChI=1S/C22H35NO2/c1-3-4-5-6-7-8-9-18-10-11-20-15-21(13-12-19(20)14-18)22(16-24)23-17(2)25/h10-11,14,21-22,24H,3-9,12-13,15-16H2,1-2H3,(H,23,25). The van der Waals surface area contributed by atoms with Crippen LogP contribution in [0.15, 0.2) is 18.2 Å². The molecule has 0 fully saturated rings. The fraction of sp³-hybridized carbons (Fsp3) is 0.682. The van der Waals surface area contributed by atoms with Crippen LogP contribution >= 0.6 is 0 Å². The van der Waals surface area contributed by atoms with Crippen molar-refractivity contribution in [2.75, 3.05) is 6.61 Å². The number of hydrogen-bond acceptors (Lipinski definition) is 2. The lowest BCUT2D eigenvalue weighted by Crippen LogP contribution is -2.43. The van der Waals surface area contributed by atoms with Gasteiger partial charge >= 0.3 is 0 Å². The Hall–Kier alpha value is -1.35. The fourth-order valence-electron chi connectivity index (χ4n) is 4.02. The number of aliphatic hydroxyl groups is 1. The number of amides is 1. The lowest BCUT2D eigenvalue weighted by Gasteiger charge is -2.31. The van der Waals surface area contributed by atoms with Gasteiger partial charge in [0.1, 0.15) is 0 Å². The normalized spacial score (nSPS) is 17.8. The van der Waals surface area contributed by atoms with Crippen LogP contribution in [-0.2, 0) is 24.1 Å². The number of nitrogens with one attached hydrogen (secondary N) is 1. The predicted molar refractivity (Wildman–Crippen MR) is 104 cm³/mol. The van der Waals surface area contributed by atoms with Gasteiger partial charge in [-0.2, -0.15) is 0 Å².